The van der Waals surface area contributed by atoms with Crippen molar-refractivity contribution in [2.24, 2.45) is 0 Å². The fraction of sp³-hybridized carbons (Fsp3) is 0.172. The number of aromatic nitrogens is 1. The van der Waals surface area contributed by atoms with Crippen molar-refractivity contribution in [3.8, 4) is 17.3 Å². The number of nitriles is 1. The van der Waals surface area contributed by atoms with Crippen LogP contribution < -0.4 is 10.2 Å². The third kappa shape index (κ3) is 7.26. The summed E-state index contributed by atoms with van der Waals surface area (Å²) in [4.78, 5) is 30.0. The Labute approximate surface area is 219 Å². The molecule has 0 radical (unpaired) electrons. The lowest BCUT2D eigenvalue weighted by Crippen LogP contribution is -2.26. The summed E-state index contributed by atoms with van der Waals surface area (Å²) in [6.45, 7) is 1.46. The number of thiazole rings is 1. The molecule has 0 fully saturated rings. The maximum atomic E-state index is 12.3. The minimum absolute atomic E-state index is 0.0901. The molecule has 8 heteroatoms. The number of rotatable bonds is 11. The molecule has 0 aliphatic rings. The first-order chi connectivity index (χ1) is 18.0. The highest BCUT2D eigenvalue weighted by Crippen LogP contribution is 2.29. The predicted octanol–water partition coefficient (Wildman–Crippen LogP) is 5.14. The number of nitrogens with one attached hydrogen (secondary N) is 1. The summed E-state index contributed by atoms with van der Waals surface area (Å²) >= 11 is 1.56. The van der Waals surface area contributed by atoms with E-state index in [1.54, 1.807) is 29.5 Å². The Balaban J connectivity index is 1.50. The first-order valence-electron chi connectivity index (χ1n) is 11.9. The van der Waals surface area contributed by atoms with E-state index in [4.69, 9.17) is 10.1 Å². The lowest BCUT2D eigenvalue weighted by Gasteiger charge is -2.22. The van der Waals surface area contributed by atoms with Crippen molar-refractivity contribution in [1.29, 1.82) is 5.26 Å². The second-order valence-electron chi connectivity index (χ2n) is 8.46. The zero-order valence-corrected chi connectivity index (χ0v) is 20.9. The van der Waals surface area contributed by atoms with Gasteiger partial charge >= 0.3 is 5.97 Å². The monoisotopic (exact) mass is 510 g/mol. The van der Waals surface area contributed by atoms with Crippen molar-refractivity contribution in [3.63, 3.8) is 0 Å². The molecule has 0 aliphatic carbocycles. The van der Waals surface area contributed by atoms with Gasteiger partial charge in [-0.2, -0.15) is 5.26 Å². The van der Waals surface area contributed by atoms with Crippen molar-refractivity contribution < 1.29 is 14.7 Å². The Morgan fingerprint density at radius 1 is 1.00 bits per heavy atom. The molecule has 2 N–H and O–H groups in total. The Kier molecular flexibility index (Phi) is 8.63. The summed E-state index contributed by atoms with van der Waals surface area (Å²) in [5.41, 5.74) is 5.08. The number of anilines is 1. The molecule has 0 bridgehead atoms. The van der Waals surface area contributed by atoms with Crippen molar-refractivity contribution >= 4 is 28.3 Å². The van der Waals surface area contributed by atoms with E-state index >= 15 is 0 Å². The van der Waals surface area contributed by atoms with Gasteiger partial charge in [0.05, 0.1) is 23.7 Å². The summed E-state index contributed by atoms with van der Waals surface area (Å²) in [6.07, 6.45) is 0.737. The van der Waals surface area contributed by atoms with Crippen molar-refractivity contribution in [1.82, 2.24) is 10.3 Å². The third-order valence-corrected chi connectivity index (χ3v) is 6.68. The van der Waals surface area contributed by atoms with Crippen LogP contribution in [0.1, 0.15) is 33.5 Å². The molecule has 7 nitrogen and oxygen atoms in total. The first-order valence-corrected chi connectivity index (χ1v) is 12.7. The number of hydrogen-bond donors (Lipinski definition) is 2. The van der Waals surface area contributed by atoms with Gasteiger partial charge in [-0.15, -0.1) is 11.3 Å². The quantitative estimate of drug-likeness (QED) is 0.290. The molecule has 0 saturated carbocycles. The van der Waals surface area contributed by atoms with Crippen LogP contribution in [0.25, 0.3) is 11.3 Å². The molecule has 37 heavy (non-hydrogen) atoms. The SMILES string of the molecule is N#Cc1cccc(-c2csc(N(CCc3ccccc3)Cc3ccc(C(=O)NCCC(=O)O)cc3)n2)c1. The van der Waals surface area contributed by atoms with Crippen LogP contribution in [-0.2, 0) is 17.8 Å². The van der Waals surface area contributed by atoms with Gasteiger partial charge in [-0.1, -0.05) is 54.6 Å². The van der Waals surface area contributed by atoms with Crippen molar-refractivity contribution in [2.75, 3.05) is 18.0 Å². The molecule has 0 aliphatic heterocycles. The average Bonchev–Trinajstić information content (AvgIpc) is 3.42. The topological polar surface area (TPSA) is 106 Å². The molecule has 1 aromatic heterocycles. The standard InChI is InChI=1S/C29H26N4O3S/c30-18-23-7-4-8-25(17-23)26-20-37-29(32-26)33(16-14-21-5-2-1-3-6-21)19-22-9-11-24(12-10-22)28(36)31-15-13-27(34)35/h1-12,17,20H,13-16,19H2,(H,31,36)(H,34,35). The van der Waals surface area contributed by atoms with E-state index in [9.17, 15) is 14.9 Å². The van der Waals surface area contributed by atoms with Crippen LogP contribution in [0.5, 0.6) is 0 Å². The highest BCUT2D eigenvalue weighted by atomic mass is 32.1. The van der Waals surface area contributed by atoms with Gasteiger partial charge in [0, 0.05) is 36.1 Å². The molecule has 3 aromatic carbocycles. The molecule has 1 amide bonds. The number of nitrogens with zero attached hydrogens (tertiary/aromatic N) is 3. The summed E-state index contributed by atoms with van der Waals surface area (Å²) in [5, 5.41) is 23.5. The Hall–Kier alpha value is -4.48. The summed E-state index contributed by atoms with van der Waals surface area (Å²) in [7, 11) is 0. The molecular weight excluding hydrogens is 484 g/mol. The number of carbonyl (C=O) groups excluding carboxylic acids is 1. The van der Waals surface area contributed by atoms with E-state index in [-0.39, 0.29) is 18.9 Å². The van der Waals surface area contributed by atoms with Crippen LogP contribution in [0.4, 0.5) is 5.13 Å². The lowest BCUT2D eigenvalue weighted by atomic mass is 10.1. The molecule has 1 heterocycles. The summed E-state index contributed by atoms with van der Waals surface area (Å²) < 4.78 is 0. The van der Waals surface area contributed by atoms with Crippen molar-refractivity contribution in [3.05, 3.63) is 106 Å². The van der Waals surface area contributed by atoms with Gasteiger partial charge in [-0.05, 0) is 41.8 Å². The van der Waals surface area contributed by atoms with Crippen LogP contribution in [-0.4, -0.2) is 35.1 Å². The zero-order valence-electron chi connectivity index (χ0n) is 20.1. The largest absolute Gasteiger partial charge is 0.481 e. The summed E-state index contributed by atoms with van der Waals surface area (Å²) in [5.74, 6) is -1.24. The fourth-order valence-corrected chi connectivity index (χ4v) is 4.67. The highest BCUT2D eigenvalue weighted by molar-refractivity contribution is 7.14. The molecular formula is C29H26N4O3S. The Bertz CT molecular complexity index is 1390. The van der Waals surface area contributed by atoms with Crippen LogP contribution in [0, 0.1) is 11.3 Å². The Morgan fingerprint density at radius 2 is 1.78 bits per heavy atom. The smallest absolute Gasteiger partial charge is 0.305 e. The fourth-order valence-electron chi connectivity index (χ4n) is 3.81. The maximum Gasteiger partial charge on any atom is 0.305 e. The molecule has 4 rings (SSSR count). The van der Waals surface area contributed by atoms with E-state index < -0.39 is 5.97 Å². The number of carboxylic acids is 1. The van der Waals surface area contributed by atoms with Gasteiger partial charge in [0.2, 0.25) is 0 Å². The number of amides is 1. The van der Waals surface area contributed by atoms with Gasteiger partial charge in [0.1, 0.15) is 0 Å². The summed E-state index contributed by atoms with van der Waals surface area (Å²) in [6, 6.07) is 27.2. The van der Waals surface area contributed by atoms with Gasteiger partial charge < -0.3 is 15.3 Å². The third-order valence-electron chi connectivity index (χ3n) is 5.78. The first kappa shape index (κ1) is 25.6. The number of hydrogen-bond acceptors (Lipinski definition) is 6. The highest BCUT2D eigenvalue weighted by Gasteiger charge is 2.14. The number of carboxylic acid groups (broad SMARTS) is 1. The number of benzene rings is 3. The van der Waals surface area contributed by atoms with Gasteiger partial charge in [0.25, 0.3) is 5.91 Å². The maximum absolute atomic E-state index is 12.3. The zero-order chi connectivity index (χ0) is 26.0. The van der Waals surface area contributed by atoms with Gasteiger partial charge in [-0.25, -0.2) is 4.98 Å². The second-order valence-corrected chi connectivity index (χ2v) is 9.30. The van der Waals surface area contributed by atoms with E-state index in [2.05, 4.69) is 28.4 Å². The van der Waals surface area contributed by atoms with Crippen LogP contribution in [0.3, 0.4) is 0 Å². The minimum atomic E-state index is -0.950. The van der Waals surface area contributed by atoms with Gasteiger partial charge in [-0.3, -0.25) is 9.59 Å². The average molecular weight is 511 g/mol. The molecule has 0 unspecified atom stereocenters. The van der Waals surface area contributed by atoms with Crippen LogP contribution in [0.2, 0.25) is 0 Å². The second kappa shape index (κ2) is 12.5. The molecule has 186 valence electrons. The predicted molar refractivity (Wildman–Crippen MR) is 144 cm³/mol. The minimum Gasteiger partial charge on any atom is -0.481 e. The number of carbonyl (C=O) groups is 2. The van der Waals surface area contributed by atoms with Crippen LogP contribution >= 0.6 is 11.3 Å². The molecule has 0 spiro atoms. The Morgan fingerprint density at radius 3 is 2.51 bits per heavy atom. The number of aliphatic carboxylic acids is 1. The van der Waals surface area contributed by atoms with E-state index in [0.29, 0.717) is 17.7 Å². The van der Waals surface area contributed by atoms with E-state index in [1.807, 2.05) is 53.9 Å². The van der Waals surface area contributed by atoms with E-state index in [0.717, 1.165) is 34.9 Å². The normalized spacial score (nSPS) is 10.5. The lowest BCUT2D eigenvalue weighted by molar-refractivity contribution is -0.136. The molecule has 0 atom stereocenters. The molecule has 0 saturated heterocycles. The van der Waals surface area contributed by atoms with E-state index in [1.165, 1.54) is 5.56 Å². The van der Waals surface area contributed by atoms with Gasteiger partial charge in [0.15, 0.2) is 5.13 Å². The van der Waals surface area contributed by atoms with Crippen LogP contribution in [0.15, 0.2) is 84.2 Å². The van der Waals surface area contributed by atoms with Crippen molar-refractivity contribution in [2.45, 2.75) is 19.4 Å². The molecule has 4 aromatic rings.